The monoisotopic (exact) mass is 554 g/mol. The highest BCUT2D eigenvalue weighted by Gasteiger charge is 2.35. The zero-order valence-corrected chi connectivity index (χ0v) is 21.7. The Morgan fingerprint density at radius 1 is 1.11 bits per heavy atom. The molecule has 0 aliphatic carbocycles. The van der Waals surface area contributed by atoms with Gasteiger partial charge < -0.3 is 25.6 Å². The van der Waals surface area contributed by atoms with Crippen molar-refractivity contribution in [2.45, 2.75) is 38.3 Å². The molecule has 1 heterocycles. The summed E-state index contributed by atoms with van der Waals surface area (Å²) in [5.41, 5.74) is 5.13. The van der Waals surface area contributed by atoms with Gasteiger partial charge in [0.05, 0.1) is 22.2 Å². The lowest BCUT2D eigenvalue weighted by atomic mass is 9.94. The van der Waals surface area contributed by atoms with Crippen LogP contribution in [0.5, 0.6) is 5.75 Å². The number of benzene rings is 2. The number of carbonyl (C=O) groups is 4. The Balaban J connectivity index is 0.000000319. The van der Waals surface area contributed by atoms with Gasteiger partial charge in [-0.25, -0.2) is 9.59 Å². The molecular weight excluding hydrogens is 531 g/mol. The van der Waals surface area contributed by atoms with Gasteiger partial charge in [-0.05, 0) is 36.8 Å². The molecule has 36 heavy (non-hydrogen) atoms. The molecule has 1 amide bonds. The van der Waals surface area contributed by atoms with Crippen LogP contribution in [0.15, 0.2) is 42.5 Å². The third-order valence-electron chi connectivity index (χ3n) is 5.19. The van der Waals surface area contributed by atoms with E-state index in [0.717, 1.165) is 0 Å². The molecule has 0 radical (unpaired) electrons. The minimum Gasteiger partial charge on any atom is -0.480 e. The summed E-state index contributed by atoms with van der Waals surface area (Å²) in [7, 11) is 0. The number of ether oxygens (including phenoxy) is 1. The molecule has 0 saturated carbocycles. The summed E-state index contributed by atoms with van der Waals surface area (Å²) in [5, 5.41) is 18.1. The molecule has 2 atom stereocenters. The molecule has 0 unspecified atom stereocenters. The minimum absolute atomic E-state index is 0.0883. The summed E-state index contributed by atoms with van der Waals surface area (Å²) in [6.07, 6.45) is 0.456. The van der Waals surface area contributed by atoms with Gasteiger partial charge in [-0.3, -0.25) is 9.59 Å². The molecule has 3 rings (SSSR count). The molecule has 1 saturated heterocycles. The summed E-state index contributed by atoms with van der Waals surface area (Å²) < 4.78 is 5.24. The second-order valence-electron chi connectivity index (χ2n) is 8.27. The predicted molar refractivity (Wildman–Crippen MR) is 138 cm³/mol. The molecule has 0 bridgehead atoms. The molecule has 4 N–H and O–H groups in total. The van der Waals surface area contributed by atoms with E-state index in [2.05, 4.69) is 0 Å². The third kappa shape index (κ3) is 7.72. The Labute approximate surface area is 222 Å². The third-order valence-corrected chi connectivity index (χ3v) is 6.12. The van der Waals surface area contributed by atoms with Crippen molar-refractivity contribution in [2.75, 3.05) is 6.54 Å². The lowest BCUT2D eigenvalue weighted by molar-refractivity contribution is -0.147. The highest BCUT2D eigenvalue weighted by molar-refractivity contribution is 7.80. The second kappa shape index (κ2) is 12.3. The van der Waals surface area contributed by atoms with Crippen molar-refractivity contribution in [1.29, 1.82) is 0 Å². The van der Waals surface area contributed by atoms with Gasteiger partial charge in [0.15, 0.2) is 0 Å². The summed E-state index contributed by atoms with van der Waals surface area (Å²) in [6.45, 7) is 3.09. The van der Waals surface area contributed by atoms with Crippen molar-refractivity contribution >= 4 is 64.1 Å². The van der Waals surface area contributed by atoms with Crippen LogP contribution in [0, 0.1) is 0 Å². The van der Waals surface area contributed by atoms with Gasteiger partial charge in [-0.2, -0.15) is 0 Å². The molecule has 0 aromatic heterocycles. The average Bonchev–Trinajstić information content (AvgIpc) is 3.18. The fourth-order valence-corrected chi connectivity index (χ4v) is 4.12. The van der Waals surface area contributed by atoms with Crippen LogP contribution in [0.25, 0.3) is 0 Å². The quantitative estimate of drug-likeness (QED) is 0.276. The fraction of sp³-hybridized carbons (Fsp3) is 0.292. The fourth-order valence-electron chi connectivity index (χ4n) is 3.27. The summed E-state index contributed by atoms with van der Waals surface area (Å²) in [5.74, 6) is -2.69. The molecule has 2 aromatic carbocycles. The van der Waals surface area contributed by atoms with E-state index in [0.29, 0.717) is 23.4 Å². The van der Waals surface area contributed by atoms with E-state index in [1.54, 1.807) is 42.5 Å². The van der Waals surface area contributed by atoms with Gasteiger partial charge in [-0.1, -0.05) is 53.6 Å². The van der Waals surface area contributed by atoms with Crippen LogP contribution < -0.4 is 10.5 Å². The van der Waals surface area contributed by atoms with Crippen LogP contribution in [0.4, 0.5) is 0 Å². The van der Waals surface area contributed by atoms with Gasteiger partial charge in [-0.15, -0.1) is 0 Å². The number of aliphatic carboxylic acids is 2. The van der Waals surface area contributed by atoms with Crippen molar-refractivity contribution in [1.82, 2.24) is 4.90 Å². The number of esters is 1. The number of nitrogens with zero attached hydrogens (tertiary/aromatic N) is 1. The van der Waals surface area contributed by atoms with Crippen LogP contribution in [-0.4, -0.2) is 61.9 Å². The standard InChI is InChI=1S/C17H15Cl2NO4.C7H9NO3S/c1-17(20,16(22)23)9-10-5-7-11(8-6-10)24-15(21)14-12(18)3-2-4-13(14)19;1-4(9)8-3-5(12)2-6(8)7(10)11/h2-8H,9,20H2,1H3,(H,22,23);6H,2-3H2,1H3,(H,10,11)/t17-;6-/m00/s1. The van der Waals surface area contributed by atoms with Gasteiger partial charge in [0, 0.05) is 24.6 Å². The highest BCUT2D eigenvalue weighted by Crippen LogP contribution is 2.26. The Morgan fingerprint density at radius 3 is 2.11 bits per heavy atom. The highest BCUT2D eigenvalue weighted by atomic mass is 35.5. The first-order valence-electron chi connectivity index (χ1n) is 10.5. The lowest BCUT2D eigenvalue weighted by Crippen LogP contribution is -2.46. The molecule has 1 aliphatic heterocycles. The van der Waals surface area contributed by atoms with Gasteiger partial charge in [0.1, 0.15) is 17.3 Å². The number of thiocarbonyl (C=S) groups is 1. The SMILES string of the molecule is CC(=O)N1CC(=S)C[C@H]1C(=O)O.C[C@](N)(Cc1ccc(OC(=O)c2c(Cl)cccc2Cl)cc1)C(=O)O. The Kier molecular flexibility index (Phi) is 9.94. The van der Waals surface area contributed by atoms with Gasteiger partial charge >= 0.3 is 17.9 Å². The molecule has 1 aliphatic rings. The first-order chi connectivity index (χ1) is 16.7. The van der Waals surface area contributed by atoms with Crippen LogP contribution in [0.3, 0.4) is 0 Å². The van der Waals surface area contributed by atoms with Crippen LogP contribution in [0.2, 0.25) is 10.0 Å². The minimum atomic E-state index is -1.37. The largest absolute Gasteiger partial charge is 0.480 e. The van der Waals surface area contributed by atoms with E-state index in [1.165, 1.54) is 18.7 Å². The molecule has 192 valence electrons. The Hall–Kier alpha value is -3.05. The summed E-state index contributed by atoms with van der Waals surface area (Å²) in [4.78, 5) is 46.6. The number of halogens is 2. The van der Waals surface area contributed by atoms with E-state index in [4.69, 9.17) is 56.1 Å². The first kappa shape index (κ1) is 29.2. The Morgan fingerprint density at radius 2 is 1.67 bits per heavy atom. The van der Waals surface area contributed by atoms with Crippen molar-refractivity contribution in [3.05, 3.63) is 63.6 Å². The Bertz CT molecular complexity index is 1140. The maximum absolute atomic E-state index is 12.2. The van der Waals surface area contributed by atoms with Crippen molar-refractivity contribution in [3.63, 3.8) is 0 Å². The maximum Gasteiger partial charge on any atom is 0.346 e. The number of carboxylic acids is 2. The summed E-state index contributed by atoms with van der Waals surface area (Å²) >= 11 is 16.8. The molecule has 12 heteroatoms. The van der Waals surface area contributed by atoms with Crippen LogP contribution in [0.1, 0.15) is 36.2 Å². The number of carboxylic acid groups (broad SMARTS) is 2. The number of hydrogen-bond acceptors (Lipinski definition) is 7. The van der Waals surface area contributed by atoms with Crippen molar-refractivity contribution < 1.29 is 34.1 Å². The first-order valence-corrected chi connectivity index (χ1v) is 11.7. The smallest absolute Gasteiger partial charge is 0.346 e. The summed E-state index contributed by atoms with van der Waals surface area (Å²) in [6, 6.07) is 10.4. The second-order valence-corrected chi connectivity index (χ2v) is 9.67. The maximum atomic E-state index is 12.2. The number of likely N-dealkylation sites (tertiary alicyclic amines) is 1. The molecule has 1 fully saturated rings. The molecule has 0 spiro atoms. The van der Waals surface area contributed by atoms with E-state index in [-0.39, 0.29) is 33.7 Å². The van der Waals surface area contributed by atoms with E-state index in [1.807, 2.05) is 0 Å². The lowest BCUT2D eigenvalue weighted by Gasteiger charge is -2.19. The van der Waals surface area contributed by atoms with Crippen molar-refractivity contribution in [2.24, 2.45) is 5.73 Å². The van der Waals surface area contributed by atoms with Crippen molar-refractivity contribution in [3.8, 4) is 5.75 Å². The zero-order chi connectivity index (χ0) is 27.2. The van der Waals surface area contributed by atoms with Gasteiger partial charge in [0.25, 0.3) is 0 Å². The van der Waals surface area contributed by atoms with E-state index < -0.39 is 29.5 Å². The van der Waals surface area contributed by atoms with E-state index in [9.17, 15) is 19.2 Å². The number of nitrogens with two attached hydrogens (primary N) is 1. The van der Waals surface area contributed by atoms with Gasteiger partial charge in [0.2, 0.25) is 5.91 Å². The van der Waals surface area contributed by atoms with E-state index >= 15 is 0 Å². The molecular formula is C24H24Cl2N2O7S. The number of amides is 1. The number of hydrogen-bond donors (Lipinski definition) is 3. The average molecular weight is 555 g/mol. The molecule has 9 nitrogen and oxygen atoms in total. The molecule has 2 aromatic rings. The van der Waals surface area contributed by atoms with Crippen LogP contribution in [-0.2, 0) is 20.8 Å². The number of rotatable bonds is 6. The normalized spacial score (nSPS) is 16.4. The number of carbonyl (C=O) groups excluding carboxylic acids is 2. The van der Waals surface area contributed by atoms with Crippen LogP contribution >= 0.6 is 35.4 Å². The zero-order valence-electron chi connectivity index (χ0n) is 19.4. The predicted octanol–water partition coefficient (Wildman–Crippen LogP) is 3.62. The topological polar surface area (TPSA) is 147 Å².